The van der Waals surface area contributed by atoms with Gasteiger partial charge >= 0.3 is 0 Å². The largest absolute Gasteiger partial charge is 0.383 e. The molecule has 0 heterocycles. The molecule has 0 aromatic heterocycles. The van der Waals surface area contributed by atoms with Crippen molar-refractivity contribution in [3.05, 3.63) is 35.4 Å². The molecule has 0 fully saturated rings. The minimum atomic E-state index is -0.611. The fourth-order valence-corrected chi connectivity index (χ4v) is 1.27. The lowest BCUT2D eigenvalue weighted by Gasteiger charge is -2.07. The van der Waals surface area contributed by atoms with Crippen molar-refractivity contribution in [3.8, 4) is 0 Å². The Hall–Kier alpha value is -1.53. The van der Waals surface area contributed by atoms with E-state index in [2.05, 4.69) is 10.4 Å². The number of nitrogens with one attached hydrogen (secondary N) is 1. The third kappa shape index (κ3) is 4.46. The van der Waals surface area contributed by atoms with Gasteiger partial charge in [0.25, 0.3) is 0 Å². The SMILES string of the molecule is COCCN=C(Cc1ccc(F)cc1F)NN. The molecule has 0 spiro atoms. The van der Waals surface area contributed by atoms with E-state index >= 15 is 0 Å². The van der Waals surface area contributed by atoms with E-state index in [1.54, 1.807) is 7.11 Å². The normalized spacial score (nSPS) is 11.6. The Morgan fingerprint density at radius 1 is 1.47 bits per heavy atom. The van der Waals surface area contributed by atoms with Gasteiger partial charge in [-0.3, -0.25) is 4.99 Å². The summed E-state index contributed by atoms with van der Waals surface area (Å²) >= 11 is 0. The van der Waals surface area contributed by atoms with Crippen molar-refractivity contribution in [2.75, 3.05) is 20.3 Å². The lowest BCUT2D eigenvalue weighted by atomic mass is 10.1. The zero-order chi connectivity index (χ0) is 12.7. The van der Waals surface area contributed by atoms with Crippen molar-refractivity contribution in [2.24, 2.45) is 10.8 Å². The summed E-state index contributed by atoms with van der Waals surface area (Å²) in [5, 5.41) is 0. The minimum absolute atomic E-state index is 0.187. The maximum atomic E-state index is 13.3. The maximum Gasteiger partial charge on any atom is 0.129 e. The van der Waals surface area contributed by atoms with Crippen molar-refractivity contribution < 1.29 is 13.5 Å². The van der Waals surface area contributed by atoms with Crippen LogP contribution in [0.25, 0.3) is 0 Å². The molecule has 0 saturated carbocycles. The van der Waals surface area contributed by atoms with Crippen molar-refractivity contribution in [3.63, 3.8) is 0 Å². The third-order valence-electron chi connectivity index (χ3n) is 2.14. The Balaban J connectivity index is 2.70. The van der Waals surface area contributed by atoms with E-state index in [1.807, 2.05) is 0 Å². The molecule has 17 heavy (non-hydrogen) atoms. The summed E-state index contributed by atoms with van der Waals surface area (Å²) < 4.78 is 30.9. The Morgan fingerprint density at radius 2 is 2.24 bits per heavy atom. The predicted octanol–water partition coefficient (Wildman–Crippen LogP) is 1.02. The minimum Gasteiger partial charge on any atom is -0.383 e. The summed E-state index contributed by atoms with van der Waals surface area (Å²) in [7, 11) is 1.56. The van der Waals surface area contributed by atoms with Crippen LogP contribution in [0, 0.1) is 11.6 Å². The molecule has 1 rings (SSSR count). The molecule has 0 unspecified atom stereocenters. The van der Waals surface area contributed by atoms with Gasteiger partial charge in [0.15, 0.2) is 0 Å². The number of hydrogen-bond donors (Lipinski definition) is 2. The van der Waals surface area contributed by atoms with Crippen LogP contribution in [0.5, 0.6) is 0 Å². The fourth-order valence-electron chi connectivity index (χ4n) is 1.27. The molecule has 0 bridgehead atoms. The van der Waals surface area contributed by atoms with Gasteiger partial charge in [-0.2, -0.15) is 0 Å². The highest BCUT2D eigenvalue weighted by molar-refractivity contribution is 5.83. The van der Waals surface area contributed by atoms with Crippen molar-refractivity contribution in [1.82, 2.24) is 5.43 Å². The number of nitrogens with two attached hydrogens (primary N) is 1. The van der Waals surface area contributed by atoms with Gasteiger partial charge in [0.05, 0.1) is 13.2 Å². The molecule has 6 heteroatoms. The van der Waals surface area contributed by atoms with Gasteiger partial charge in [-0.1, -0.05) is 6.07 Å². The number of halogens is 2. The fraction of sp³-hybridized carbons (Fsp3) is 0.364. The van der Waals surface area contributed by atoms with Crippen molar-refractivity contribution in [1.29, 1.82) is 0 Å². The monoisotopic (exact) mass is 243 g/mol. The van der Waals surface area contributed by atoms with Gasteiger partial charge in [0.2, 0.25) is 0 Å². The summed E-state index contributed by atoms with van der Waals surface area (Å²) in [6.07, 6.45) is 0.187. The van der Waals surface area contributed by atoms with Crippen LogP contribution in [0.1, 0.15) is 5.56 Å². The van der Waals surface area contributed by atoms with Gasteiger partial charge in [0.1, 0.15) is 17.5 Å². The quantitative estimate of drug-likeness (QED) is 0.267. The average Bonchev–Trinajstić information content (AvgIpc) is 2.31. The number of rotatable bonds is 5. The molecule has 0 amide bonds. The second-order valence-corrected chi connectivity index (χ2v) is 3.38. The second kappa shape index (κ2) is 6.93. The van der Waals surface area contributed by atoms with E-state index in [9.17, 15) is 8.78 Å². The Labute approximate surface area is 98.5 Å². The first-order valence-corrected chi connectivity index (χ1v) is 5.10. The lowest BCUT2D eigenvalue weighted by molar-refractivity contribution is 0.208. The number of methoxy groups -OCH3 is 1. The van der Waals surface area contributed by atoms with Crippen molar-refractivity contribution >= 4 is 5.84 Å². The highest BCUT2D eigenvalue weighted by Crippen LogP contribution is 2.10. The van der Waals surface area contributed by atoms with Gasteiger partial charge in [0, 0.05) is 19.6 Å². The summed E-state index contributed by atoms with van der Waals surface area (Å²) in [4.78, 5) is 4.09. The number of hydrazine groups is 1. The van der Waals surface area contributed by atoms with Gasteiger partial charge in [-0.15, -0.1) is 0 Å². The highest BCUT2D eigenvalue weighted by atomic mass is 19.1. The van der Waals surface area contributed by atoms with Gasteiger partial charge in [-0.05, 0) is 11.6 Å². The topological polar surface area (TPSA) is 59.6 Å². The standard InChI is InChI=1S/C11H15F2N3O/c1-17-5-4-15-11(16-14)6-8-2-3-9(12)7-10(8)13/h2-3,7H,4-6,14H2,1H3,(H,15,16). The van der Waals surface area contributed by atoms with Gasteiger partial charge < -0.3 is 10.2 Å². The second-order valence-electron chi connectivity index (χ2n) is 3.38. The molecule has 1 aromatic rings. The molecule has 94 valence electrons. The third-order valence-corrected chi connectivity index (χ3v) is 2.14. The summed E-state index contributed by atoms with van der Waals surface area (Å²) in [5.41, 5.74) is 2.72. The zero-order valence-electron chi connectivity index (χ0n) is 9.54. The molecule has 0 aliphatic carbocycles. The lowest BCUT2D eigenvalue weighted by Crippen LogP contribution is -2.32. The summed E-state index contributed by atoms with van der Waals surface area (Å²) in [5.74, 6) is 4.47. The molecular formula is C11H15F2N3O. The van der Waals surface area contributed by atoms with Crippen LogP contribution in [0.4, 0.5) is 8.78 Å². The Kier molecular flexibility index (Phi) is 5.51. The van der Waals surface area contributed by atoms with E-state index in [4.69, 9.17) is 10.6 Å². The first-order chi connectivity index (χ1) is 8.17. The molecule has 4 nitrogen and oxygen atoms in total. The van der Waals surface area contributed by atoms with Crippen LogP contribution in [0.3, 0.4) is 0 Å². The van der Waals surface area contributed by atoms with E-state index < -0.39 is 11.6 Å². The predicted molar refractivity (Wildman–Crippen MR) is 61.6 cm³/mol. The molecule has 0 aliphatic heterocycles. The zero-order valence-corrected chi connectivity index (χ0v) is 9.54. The first-order valence-electron chi connectivity index (χ1n) is 5.10. The summed E-state index contributed by atoms with van der Waals surface area (Å²) in [6, 6.07) is 3.40. The first kappa shape index (κ1) is 13.5. The van der Waals surface area contributed by atoms with Crippen LogP contribution in [-0.4, -0.2) is 26.1 Å². The van der Waals surface area contributed by atoms with Crippen LogP contribution in [-0.2, 0) is 11.2 Å². The number of ether oxygens (including phenoxy) is 1. The van der Waals surface area contributed by atoms with E-state index in [0.717, 1.165) is 6.07 Å². The summed E-state index contributed by atoms with van der Waals surface area (Å²) in [6.45, 7) is 0.885. The molecule has 0 atom stereocenters. The molecular weight excluding hydrogens is 228 g/mol. The Morgan fingerprint density at radius 3 is 2.82 bits per heavy atom. The molecule has 1 aromatic carbocycles. The van der Waals surface area contributed by atoms with Crippen LogP contribution in [0.15, 0.2) is 23.2 Å². The van der Waals surface area contributed by atoms with E-state index in [0.29, 0.717) is 24.6 Å². The Bertz CT molecular complexity index is 396. The van der Waals surface area contributed by atoms with Gasteiger partial charge in [-0.25, -0.2) is 14.6 Å². The average molecular weight is 243 g/mol. The molecule has 0 radical (unpaired) electrons. The number of benzene rings is 1. The molecule has 0 saturated heterocycles. The highest BCUT2D eigenvalue weighted by Gasteiger charge is 2.06. The number of hydrogen-bond acceptors (Lipinski definition) is 3. The van der Waals surface area contributed by atoms with Crippen molar-refractivity contribution in [2.45, 2.75) is 6.42 Å². The van der Waals surface area contributed by atoms with E-state index in [1.165, 1.54) is 12.1 Å². The van der Waals surface area contributed by atoms with Crippen LogP contribution < -0.4 is 11.3 Å². The molecule has 3 N–H and O–H groups in total. The number of nitrogens with zero attached hydrogens (tertiary/aromatic N) is 1. The smallest absolute Gasteiger partial charge is 0.129 e. The number of amidine groups is 1. The van der Waals surface area contributed by atoms with Crippen LogP contribution in [0.2, 0.25) is 0 Å². The number of aliphatic imine (C=N–C) groups is 1. The molecule has 0 aliphatic rings. The van der Waals surface area contributed by atoms with E-state index in [-0.39, 0.29) is 6.42 Å². The maximum absolute atomic E-state index is 13.3. The van der Waals surface area contributed by atoms with Crippen LogP contribution >= 0.6 is 0 Å².